The monoisotopic (exact) mass is 421 g/mol. The zero-order valence-corrected chi connectivity index (χ0v) is 16.6. The first-order valence-electron chi connectivity index (χ1n) is 7.69. The minimum absolute atomic E-state index is 0.303. The highest BCUT2D eigenvalue weighted by Gasteiger charge is 2.29. The Balaban J connectivity index is 1.47. The van der Waals surface area contributed by atoms with E-state index in [0.717, 1.165) is 0 Å². The Labute approximate surface area is 156 Å². The van der Waals surface area contributed by atoms with Gasteiger partial charge in [0.25, 0.3) is 10.0 Å². The van der Waals surface area contributed by atoms with Crippen LogP contribution in [0.15, 0.2) is 43.4 Å². The van der Waals surface area contributed by atoms with Crippen LogP contribution in [-0.4, -0.2) is 65.3 Å². The molecule has 7 nitrogen and oxygen atoms in total. The third-order valence-corrected chi connectivity index (χ3v) is 10.0. The third kappa shape index (κ3) is 4.48. The van der Waals surface area contributed by atoms with Gasteiger partial charge in [-0.25, -0.2) is 21.6 Å². The summed E-state index contributed by atoms with van der Waals surface area (Å²) in [5.41, 5.74) is 0. The van der Waals surface area contributed by atoms with Gasteiger partial charge in [-0.1, -0.05) is 12.1 Å². The zero-order valence-electron chi connectivity index (χ0n) is 13.4. The molecule has 2 aromatic rings. The van der Waals surface area contributed by atoms with Gasteiger partial charge in [-0.3, -0.25) is 4.90 Å². The lowest BCUT2D eigenvalue weighted by Gasteiger charge is -2.33. The SMILES string of the molecule is O=S(=O)(NCCN1CCN(S(=O)(=O)c2cccs2)CC1)c1cccs1. The van der Waals surface area contributed by atoms with Crippen LogP contribution in [0.2, 0.25) is 0 Å². The van der Waals surface area contributed by atoms with Crippen LogP contribution in [0.3, 0.4) is 0 Å². The van der Waals surface area contributed by atoms with Crippen molar-refractivity contribution < 1.29 is 16.8 Å². The van der Waals surface area contributed by atoms with Gasteiger partial charge in [-0.2, -0.15) is 4.31 Å². The predicted octanol–water partition coefficient (Wildman–Crippen LogP) is 1.09. The highest BCUT2D eigenvalue weighted by molar-refractivity contribution is 7.91. The minimum atomic E-state index is -3.44. The fourth-order valence-electron chi connectivity index (χ4n) is 2.56. The van der Waals surface area contributed by atoms with Crippen LogP contribution >= 0.6 is 22.7 Å². The van der Waals surface area contributed by atoms with Crippen LogP contribution in [0.1, 0.15) is 0 Å². The smallest absolute Gasteiger partial charge is 0.252 e. The van der Waals surface area contributed by atoms with Gasteiger partial charge in [0.05, 0.1) is 0 Å². The van der Waals surface area contributed by atoms with Crippen LogP contribution < -0.4 is 4.72 Å². The lowest BCUT2D eigenvalue weighted by molar-refractivity contribution is 0.191. The summed E-state index contributed by atoms with van der Waals surface area (Å²) in [4.78, 5) is 2.07. The van der Waals surface area contributed by atoms with Gasteiger partial charge in [0.1, 0.15) is 8.42 Å². The largest absolute Gasteiger partial charge is 0.299 e. The first-order chi connectivity index (χ1) is 11.9. The molecule has 1 fully saturated rings. The molecule has 3 rings (SSSR count). The second-order valence-electron chi connectivity index (χ2n) is 5.51. The van der Waals surface area contributed by atoms with E-state index in [9.17, 15) is 16.8 Å². The number of nitrogens with one attached hydrogen (secondary N) is 1. The van der Waals surface area contributed by atoms with E-state index in [1.165, 1.54) is 27.0 Å². The summed E-state index contributed by atoms with van der Waals surface area (Å²) in [6.45, 7) is 2.86. The molecule has 0 aliphatic carbocycles. The average molecular weight is 422 g/mol. The highest BCUT2D eigenvalue weighted by atomic mass is 32.3. The molecule has 0 amide bonds. The standard InChI is InChI=1S/C14H19N3O4S4/c18-24(19,13-3-1-11-22-13)15-5-6-16-7-9-17(10-8-16)25(20,21)14-4-2-12-23-14/h1-4,11-12,15H,5-10H2. The summed E-state index contributed by atoms with van der Waals surface area (Å²) in [5.74, 6) is 0. The summed E-state index contributed by atoms with van der Waals surface area (Å²) in [6.07, 6.45) is 0. The number of piperazine rings is 1. The van der Waals surface area contributed by atoms with Crippen molar-refractivity contribution in [3.8, 4) is 0 Å². The van der Waals surface area contributed by atoms with Gasteiger partial charge in [0.2, 0.25) is 10.0 Å². The van der Waals surface area contributed by atoms with Crippen LogP contribution in [0.4, 0.5) is 0 Å². The van der Waals surface area contributed by atoms with Crippen LogP contribution in [0.25, 0.3) is 0 Å². The lowest BCUT2D eigenvalue weighted by atomic mass is 10.3. The molecule has 1 N–H and O–H groups in total. The van der Waals surface area contributed by atoms with Crippen LogP contribution in [0, 0.1) is 0 Å². The van der Waals surface area contributed by atoms with Gasteiger partial charge >= 0.3 is 0 Å². The van der Waals surface area contributed by atoms with Crippen LogP contribution in [0.5, 0.6) is 0 Å². The molecule has 1 aliphatic heterocycles. The average Bonchev–Trinajstić information content (AvgIpc) is 3.29. The normalized spacial score (nSPS) is 17.8. The molecule has 0 saturated carbocycles. The van der Waals surface area contributed by atoms with Crippen molar-refractivity contribution >= 4 is 42.7 Å². The first kappa shape index (κ1) is 19.0. The van der Waals surface area contributed by atoms with E-state index in [1.54, 1.807) is 35.0 Å². The van der Waals surface area contributed by atoms with E-state index in [-0.39, 0.29) is 0 Å². The number of sulfonamides is 2. The molecule has 1 saturated heterocycles. The number of hydrogen-bond donors (Lipinski definition) is 1. The molecule has 0 atom stereocenters. The Morgan fingerprint density at radius 3 is 2.08 bits per heavy atom. The Morgan fingerprint density at radius 2 is 1.52 bits per heavy atom. The Kier molecular flexibility index (Phi) is 5.93. The molecule has 11 heteroatoms. The summed E-state index contributed by atoms with van der Waals surface area (Å²) in [6, 6.07) is 6.62. The number of hydrogen-bond acceptors (Lipinski definition) is 7. The quantitative estimate of drug-likeness (QED) is 0.723. The van der Waals surface area contributed by atoms with Gasteiger partial charge in [0.15, 0.2) is 0 Å². The van der Waals surface area contributed by atoms with Crippen molar-refractivity contribution in [2.75, 3.05) is 39.3 Å². The van der Waals surface area contributed by atoms with Gasteiger partial charge in [0, 0.05) is 39.3 Å². The summed E-state index contributed by atoms with van der Waals surface area (Å²) >= 11 is 2.40. The lowest BCUT2D eigenvalue weighted by Crippen LogP contribution is -2.50. The fourth-order valence-corrected chi connectivity index (χ4v) is 7.18. The van der Waals surface area contributed by atoms with Crippen molar-refractivity contribution in [1.82, 2.24) is 13.9 Å². The molecule has 0 bridgehead atoms. The topological polar surface area (TPSA) is 86.8 Å². The molecule has 2 aromatic heterocycles. The molecular formula is C14H19N3O4S4. The number of nitrogens with zero attached hydrogens (tertiary/aromatic N) is 2. The predicted molar refractivity (Wildman–Crippen MR) is 99.0 cm³/mol. The Hall–Kier alpha value is -0.820. The number of rotatable bonds is 7. The Bertz CT molecular complexity index is 866. The van der Waals surface area contributed by atoms with Crippen molar-refractivity contribution in [2.24, 2.45) is 0 Å². The molecule has 3 heterocycles. The van der Waals surface area contributed by atoms with Crippen molar-refractivity contribution in [3.05, 3.63) is 35.0 Å². The first-order valence-corrected chi connectivity index (χ1v) is 12.4. The van der Waals surface area contributed by atoms with Gasteiger partial charge < -0.3 is 0 Å². The van der Waals surface area contributed by atoms with Crippen molar-refractivity contribution in [3.63, 3.8) is 0 Å². The van der Waals surface area contributed by atoms with Crippen molar-refractivity contribution in [2.45, 2.75) is 8.42 Å². The maximum atomic E-state index is 12.5. The molecule has 0 radical (unpaired) electrons. The van der Waals surface area contributed by atoms with E-state index in [0.29, 0.717) is 47.7 Å². The molecule has 0 spiro atoms. The van der Waals surface area contributed by atoms with Gasteiger partial charge in [-0.15, -0.1) is 22.7 Å². The van der Waals surface area contributed by atoms with Gasteiger partial charge in [-0.05, 0) is 22.9 Å². The van der Waals surface area contributed by atoms with E-state index in [2.05, 4.69) is 9.62 Å². The molecule has 0 aromatic carbocycles. The molecule has 25 heavy (non-hydrogen) atoms. The summed E-state index contributed by atoms with van der Waals surface area (Å²) in [5, 5.41) is 3.48. The zero-order chi connectivity index (χ0) is 17.9. The molecule has 1 aliphatic rings. The highest BCUT2D eigenvalue weighted by Crippen LogP contribution is 2.22. The van der Waals surface area contributed by atoms with E-state index in [4.69, 9.17) is 0 Å². The Morgan fingerprint density at radius 1 is 0.920 bits per heavy atom. The van der Waals surface area contributed by atoms with E-state index >= 15 is 0 Å². The molecule has 0 unspecified atom stereocenters. The van der Waals surface area contributed by atoms with Crippen molar-refractivity contribution in [1.29, 1.82) is 0 Å². The second-order valence-corrected chi connectivity index (χ2v) is 11.6. The van der Waals surface area contributed by atoms with E-state index in [1.807, 2.05) is 0 Å². The fraction of sp³-hybridized carbons (Fsp3) is 0.429. The number of thiophene rings is 2. The molecule has 138 valence electrons. The third-order valence-electron chi connectivity index (χ3n) is 3.90. The maximum absolute atomic E-state index is 12.5. The maximum Gasteiger partial charge on any atom is 0.252 e. The summed E-state index contributed by atoms with van der Waals surface area (Å²) < 4.78 is 53.8. The second kappa shape index (κ2) is 7.82. The van der Waals surface area contributed by atoms with Crippen LogP contribution in [-0.2, 0) is 20.0 Å². The van der Waals surface area contributed by atoms with E-state index < -0.39 is 20.0 Å². The molecular weight excluding hydrogens is 402 g/mol. The summed E-state index contributed by atoms with van der Waals surface area (Å²) in [7, 11) is -6.84. The minimum Gasteiger partial charge on any atom is -0.299 e.